The molecule has 8 heteroatoms. The number of allylic oxidation sites excluding steroid dienone is 3. The molecule has 0 N–H and O–H groups in total. The molecule has 0 spiro atoms. The lowest BCUT2D eigenvalue weighted by Gasteiger charge is -2.32. The molecular formula is C26H33N5O3. The fourth-order valence-electron chi connectivity index (χ4n) is 5.02. The van der Waals surface area contributed by atoms with E-state index < -0.39 is 0 Å². The maximum Gasteiger partial charge on any atom is 0.260 e. The van der Waals surface area contributed by atoms with Crippen LogP contribution in [-0.4, -0.2) is 56.9 Å². The molecule has 1 fully saturated rings. The number of carbonyl (C=O) groups is 3. The van der Waals surface area contributed by atoms with Crippen molar-refractivity contribution in [3.05, 3.63) is 42.3 Å². The van der Waals surface area contributed by atoms with Crippen LogP contribution in [0, 0.1) is 23.7 Å². The minimum atomic E-state index is -0.380. The standard InChI is InChI=1S/C26H33N5O3/c1-17(2)12-18(13-23-28-22-7-5-4-6-21(22)26(34)29-23)14-24(32)31-10-8-19(9-11-31)25(33)20-15-27-30(3)16-20/h4-7,15-19,21H,8-14H2,1-3H3/t18-,21?/m0/s1. The van der Waals surface area contributed by atoms with E-state index in [-0.39, 0.29) is 35.4 Å². The van der Waals surface area contributed by atoms with Gasteiger partial charge in [-0.3, -0.25) is 19.1 Å². The Morgan fingerprint density at radius 3 is 2.59 bits per heavy atom. The number of aromatic nitrogens is 2. The second kappa shape index (κ2) is 10.4. The summed E-state index contributed by atoms with van der Waals surface area (Å²) in [5, 5.41) is 4.09. The first-order valence-electron chi connectivity index (χ1n) is 12.2. The number of ketones is 1. The third kappa shape index (κ3) is 5.66. The smallest absolute Gasteiger partial charge is 0.260 e. The summed E-state index contributed by atoms with van der Waals surface area (Å²) in [6.45, 7) is 5.45. The number of hydrogen-bond donors (Lipinski definition) is 0. The molecule has 2 amide bonds. The summed E-state index contributed by atoms with van der Waals surface area (Å²) in [5.41, 5.74) is 1.37. The number of amides is 2. The third-order valence-electron chi connectivity index (χ3n) is 6.71. The van der Waals surface area contributed by atoms with E-state index in [2.05, 4.69) is 28.9 Å². The van der Waals surface area contributed by atoms with E-state index in [9.17, 15) is 14.4 Å². The van der Waals surface area contributed by atoms with Crippen molar-refractivity contribution in [1.29, 1.82) is 0 Å². The number of fused-ring (bicyclic) bond motifs is 1. The van der Waals surface area contributed by atoms with Crippen LogP contribution >= 0.6 is 0 Å². The highest BCUT2D eigenvalue weighted by molar-refractivity contribution is 6.21. The maximum atomic E-state index is 13.1. The van der Waals surface area contributed by atoms with Gasteiger partial charge in [0.25, 0.3) is 5.91 Å². The largest absolute Gasteiger partial charge is 0.343 e. The monoisotopic (exact) mass is 463 g/mol. The predicted molar refractivity (Wildman–Crippen MR) is 131 cm³/mol. The number of carbonyl (C=O) groups excluding carboxylic acids is 3. The Hall–Kier alpha value is -3.16. The van der Waals surface area contributed by atoms with Crippen molar-refractivity contribution in [3.8, 4) is 0 Å². The van der Waals surface area contributed by atoms with E-state index in [1.165, 1.54) is 0 Å². The summed E-state index contributed by atoms with van der Waals surface area (Å²) in [6.07, 6.45) is 13.9. The fourth-order valence-corrected chi connectivity index (χ4v) is 5.02. The summed E-state index contributed by atoms with van der Waals surface area (Å²) in [4.78, 5) is 49.0. The van der Waals surface area contributed by atoms with Crippen LogP contribution in [0.1, 0.15) is 56.3 Å². The summed E-state index contributed by atoms with van der Waals surface area (Å²) in [7, 11) is 1.80. The Balaban J connectivity index is 1.34. The maximum absolute atomic E-state index is 13.1. The van der Waals surface area contributed by atoms with Gasteiger partial charge in [-0.15, -0.1) is 0 Å². The Bertz CT molecular complexity index is 1070. The number of hydrogen-bond acceptors (Lipinski definition) is 5. The third-order valence-corrected chi connectivity index (χ3v) is 6.71. The molecule has 180 valence electrons. The second-order valence-corrected chi connectivity index (χ2v) is 9.95. The SMILES string of the molecule is CC(C)C[C@H](CC(=O)N1CCC(C(=O)c2cnn(C)c2)CC1)CC1=NC(=O)C2C=CC=CC2=N1. The highest BCUT2D eigenvalue weighted by Crippen LogP contribution is 2.27. The molecule has 3 aliphatic rings. The van der Waals surface area contributed by atoms with Gasteiger partial charge in [0, 0.05) is 45.1 Å². The van der Waals surface area contributed by atoms with Crippen LogP contribution in [0.5, 0.6) is 0 Å². The average Bonchev–Trinajstić information content (AvgIpc) is 3.24. The van der Waals surface area contributed by atoms with E-state index in [4.69, 9.17) is 0 Å². The van der Waals surface area contributed by atoms with Gasteiger partial charge in [0.2, 0.25) is 5.91 Å². The highest BCUT2D eigenvalue weighted by Gasteiger charge is 2.31. The number of piperidine rings is 1. The molecule has 1 unspecified atom stereocenters. The van der Waals surface area contributed by atoms with Gasteiger partial charge in [0.05, 0.1) is 17.5 Å². The van der Waals surface area contributed by atoms with Gasteiger partial charge < -0.3 is 4.90 Å². The molecule has 0 aromatic carbocycles. The van der Waals surface area contributed by atoms with Crippen molar-refractivity contribution >= 4 is 29.1 Å². The van der Waals surface area contributed by atoms with Gasteiger partial charge in [-0.1, -0.05) is 32.1 Å². The van der Waals surface area contributed by atoms with Gasteiger partial charge in [0.1, 0.15) is 11.8 Å². The first-order valence-corrected chi connectivity index (χ1v) is 12.2. The van der Waals surface area contributed by atoms with Crippen molar-refractivity contribution in [2.45, 2.75) is 46.0 Å². The van der Waals surface area contributed by atoms with E-state index >= 15 is 0 Å². The zero-order chi connectivity index (χ0) is 24.2. The molecule has 1 aromatic heterocycles. The molecule has 1 aliphatic carbocycles. The van der Waals surface area contributed by atoms with E-state index in [1.807, 2.05) is 29.2 Å². The summed E-state index contributed by atoms with van der Waals surface area (Å²) < 4.78 is 1.64. The van der Waals surface area contributed by atoms with Crippen LogP contribution < -0.4 is 0 Å². The van der Waals surface area contributed by atoms with Gasteiger partial charge >= 0.3 is 0 Å². The predicted octanol–water partition coefficient (Wildman–Crippen LogP) is 3.41. The molecule has 1 aromatic rings. The van der Waals surface area contributed by atoms with Crippen LogP contribution in [0.25, 0.3) is 0 Å². The molecule has 1 saturated heterocycles. The number of Topliss-reactive ketones (excluding diaryl/α,β-unsaturated/α-hetero) is 1. The number of nitrogens with zero attached hydrogens (tertiary/aromatic N) is 5. The molecule has 0 saturated carbocycles. The van der Waals surface area contributed by atoms with Gasteiger partial charge in [-0.05, 0) is 37.2 Å². The zero-order valence-corrected chi connectivity index (χ0v) is 20.2. The Labute approximate surface area is 200 Å². The van der Waals surface area contributed by atoms with Crippen molar-refractivity contribution in [2.24, 2.45) is 40.7 Å². The molecule has 8 nitrogen and oxygen atoms in total. The minimum absolute atomic E-state index is 0.0660. The van der Waals surface area contributed by atoms with Gasteiger partial charge in [0.15, 0.2) is 5.78 Å². The normalized spacial score (nSPS) is 21.4. The molecular weight excluding hydrogens is 430 g/mol. The number of rotatable bonds is 8. The van der Waals surface area contributed by atoms with Crippen molar-refractivity contribution < 1.29 is 14.4 Å². The van der Waals surface area contributed by atoms with Crippen molar-refractivity contribution in [2.75, 3.05) is 13.1 Å². The molecule has 0 radical (unpaired) electrons. The average molecular weight is 464 g/mol. The summed E-state index contributed by atoms with van der Waals surface area (Å²) >= 11 is 0. The van der Waals surface area contributed by atoms with Crippen LogP contribution in [0.4, 0.5) is 0 Å². The van der Waals surface area contributed by atoms with E-state index in [1.54, 1.807) is 24.1 Å². The van der Waals surface area contributed by atoms with E-state index in [0.29, 0.717) is 56.1 Å². The molecule has 34 heavy (non-hydrogen) atoms. The fraction of sp³-hybridized carbons (Fsp3) is 0.538. The molecule has 4 rings (SSSR count). The van der Waals surface area contributed by atoms with Crippen molar-refractivity contribution in [1.82, 2.24) is 14.7 Å². The molecule has 0 bridgehead atoms. The second-order valence-electron chi connectivity index (χ2n) is 9.95. The zero-order valence-electron chi connectivity index (χ0n) is 20.2. The summed E-state index contributed by atoms with van der Waals surface area (Å²) in [5.74, 6) is 0.592. The minimum Gasteiger partial charge on any atom is -0.343 e. The topological polar surface area (TPSA) is 97.0 Å². The van der Waals surface area contributed by atoms with Gasteiger partial charge in [-0.2, -0.15) is 10.1 Å². The summed E-state index contributed by atoms with van der Waals surface area (Å²) in [6, 6.07) is 0. The van der Waals surface area contributed by atoms with Crippen molar-refractivity contribution in [3.63, 3.8) is 0 Å². The molecule has 3 heterocycles. The first kappa shape index (κ1) is 24.0. The quantitative estimate of drug-likeness (QED) is 0.552. The Kier molecular flexibility index (Phi) is 7.34. The Morgan fingerprint density at radius 2 is 1.91 bits per heavy atom. The van der Waals surface area contributed by atoms with Crippen LogP contribution in [-0.2, 0) is 16.6 Å². The van der Waals surface area contributed by atoms with Crippen LogP contribution in [0.15, 0.2) is 46.7 Å². The molecule has 2 aliphatic heterocycles. The number of likely N-dealkylation sites (tertiary alicyclic amines) is 1. The first-order chi connectivity index (χ1) is 16.3. The lowest BCUT2D eigenvalue weighted by Crippen LogP contribution is -2.41. The van der Waals surface area contributed by atoms with Gasteiger partial charge in [-0.25, -0.2) is 4.99 Å². The number of amidine groups is 1. The van der Waals surface area contributed by atoms with Crippen LogP contribution in [0.3, 0.4) is 0 Å². The number of aryl methyl sites for hydroxylation is 1. The lowest BCUT2D eigenvalue weighted by atomic mass is 9.87. The highest BCUT2D eigenvalue weighted by atomic mass is 16.2. The van der Waals surface area contributed by atoms with E-state index in [0.717, 1.165) is 12.1 Å². The number of aliphatic imine (C=N–C) groups is 2. The van der Waals surface area contributed by atoms with Crippen LogP contribution in [0.2, 0.25) is 0 Å². The molecule has 2 atom stereocenters. The lowest BCUT2D eigenvalue weighted by molar-refractivity contribution is -0.133. The Morgan fingerprint density at radius 1 is 1.15 bits per heavy atom.